The molecule has 21 heavy (non-hydrogen) atoms. The van der Waals surface area contributed by atoms with Crippen molar-refractivity contribution in [3.63, 3.8) is 0 Å². The van der Waals surface area contributed by atoms with E-state index >= 15 is 0 Å². The summed E-state index contributed by atoms with van der Waals surface area (Å²) >= 11 is 6.19. The molecule has 0 aliphatic heterocycles. The predicted octanol–water partition coefficient (Wildman–Crippen LogP) is 4.59. The van der Waals surface area contributed by atoms with E-state index in [-0.39, 0.29) is 25.8 Å². The molecule has 2 nitrogen and oxygen atoms in total. The summed E-state index contributed by atoms with van der Waals surface area (Å²) in [5.41, 5.74) is 2.24. The highest BCUT2D eigenvalue weighted by Crippen LogP contribution is 2.46. The molecule has 0 heterocycles. The Morgan fingerprint density at radius 3 is 1.81 bits per heavy atom. The van der Waals surface area contributed by atoms with Crippen LogP contribution in [-0.4, -0.2) is 11.3 Å². The second-order valence-electron chi connectivity index (χ2n) is 4.43. The van der Waals surface area contributed by atoms with Gasteiger partial charge < -0.3 is 10.8 Å². The van der Waals surface area contributed by atoms with E-state index in [0.717, 1.165) is 0 Å². The highest BCUT2D eigenvalue weighted by Gasteiger charge is 2.56. The van der Waals surface area contributed by atoms with E-state index in [9.17, 15) is 18.3 Å². The van der Waals surface area contributed by atoms with Gasteiger partial charge in [-0.15, -0.1) is 0 Å². The van der Waals surface area contributed by atoms with Gasteiger partial charge in [0.25, 0.3) is 0 Å². The van der Waals surface area contributed by atoms with Gasteiger partial charge >= 0.3 is 6.18 Å². The van der Waals surface area contributed by atoms with Crippen molar-refractivity contribution in [2.24, 2.45) is 0 Å². The van der Waals surface area contributed by atoms with Gasteiger partial charge in [-0.3, -0.25) is 0 Å². The third-order valence-electron chi connectivity index (χ3n) is 3.10. The second kappa shape index (κ2) is 5.62. The molecule has 2 rings (SSSR count). The zero-order chi connectivity index (χ0) is 15.8. The maximum atomic E-state index is 13.5. The Kier molecular flexibility index (Phi) is 4.37. The Balaban J connectivity index is 2.74. The van der Waals surface area contributed by atoms with Crippen LogP contribution in [-0.2, 0) is 5.60 Å². The van der Waals surface area contributed by atoms with Gasteiger partial charge in [-0.05, 0) is 55.1 Å². The molecule has 0 aromatic heterocycles. The number of aliphatic hydroxyl groups is 1. The van der Waals surface area contributed by atoms with Gasteiger partial charge in [0, 0.05) is 8.95 Å². The van der Waals surface area contributed by atoms with Gasteiger partial charge in [0.15, 0.2) is 0 Å². The molecule has 3 N–H and O–H groups in total. The molecule has 112 valence electrons. The number of hydrogen-bond acceptors (Lipinski definition) is 2. The van der Waals surface area contributed by atoms with Crippen molar-refractivity contribution in [2.45, 2.75) is 11.8 Å². The number of nitrogen functional groups attached to an aromatic ring is 1. The first-order valence-corrected chi connectivity index (χ1v) is 7.36. The second-order valence-corrected chi connectivity index (χ2v) is 6.14. The summed E-state index contributed by atoms with van der Waals surface area (Å²) in [4.78, 5) is 0. The normalized spacial score (nSPS) is 14.8. The van der Waals surface area contributed by atoms with E-state index in [2.05, 4.69) is 31.9 Å². The number of benzene rings is 2. The van der Waals surface area contributed by atoms with Crippen molar-refractivity contribution in [3.05, 3.63) is 62.5 Å². The number of anilines is 1. The molecule has 1 atom stereocenters. The molecular formula is C14H10Br2F3NO. The SMILES string of the molecule is Nc1c(Br)cc(C(O)(c2ccccc2)C(F)(F)F)cc1Br. The zero-order valence-electron chi connectivity index (χ0n) is 10.5. The van der Waals surface area contributed by atoms with E-state index in [1.165, 1.54) is 36.4 Å². The van der Waals surface area contributed by atoms with Crippen LogP contribution in [0.5, 0.6) is 0 Å². The number of hydrogen-bond donors (Lipinski definition) is 2. The lowest BCUT2D eigenvalue weighted by atomic mass is 9.85. The van der Waals surface area contributed by atoms with E-state index in [1.807, 2.05) is 0 Å². The highest BCUT2D eigenvalue weighted by atomic mass is 79.9. The minimum Gasteiger partial charge on any atom is -0.397 e. The summed E-state index contributed by atoms with van der Waals surface area (Å²) in [6, 6.07) is 9.24. The first-order valence-electron chi connectivity index (χ1n) is 5.77. The molecule has 7 heteroatoms. The van der Waals surface area contributed by atoms with Crippen molar-refractivity contribution in [1.82, 2.24) is 0 Å². The first kappa shape index (κ1) is 16.3. The maximum Gasteiger partial charge on any atom is 0.425 e. The van der Waals surface area contributed by atoms with Gasteiger partial charge in [-0.25, -0.2) is 0 Å². The minimum atomic E-state index is -4.89. The summed E-state index contributed by atoms with van der Waals surface area (Å²) in [5.74, 6) is 0. The van der Waals surface area contributed by atoms with E-state index in [4.69, 9.17) is 5.73 Å². The smallest absolute Gasteiger partial charge is 0.397 e. The van der Waals surface area contributed by atoms with Crippen LogP contribution in [0.3, 0.4) is 0 Å². The topological polar surface area (TPSA) is 46.2 Å². The van der Waals surface area contributed by atoms with E-state index in [0.29, 0.717) is 0 Å². The molecular weight excluding hydrogens is 415 g/mol. The summed E-state index contributed by atoms with van der Waals surface area (Å²) in [7, 11) is 0. The maximum absolute atomic E-state index is 13.5. The Hall–Kier alpha value is -1.05. The fraction of sp³-hybridized carbons (Fsp3) is 0.143. The van der Waals surface area contributed by atoms with Crippen LogP contribution in [0.15, 0.2) is 51.4 Å². The Morgan fingerprint density at radius 2 is 1.38 bits per heavy atom. The van der Waals surface area contributed by atoms with Crippen LogP contribution in [0.4, 0.5) is 18.9 Å². The Bertz CT molecular complexity index is 638. The molecule has 0 spiro atoms. The van der Waals surface area contributed by atoms with Crippen molar-refractivity contribution < 1.29 is 18.3 Å². The molecule has 0 bridgehead atoms. The van der Waals surface area contributed by atoms with Crippen LogP contribution >= 0.6 is 31.9 Å². The molecule has 2 aromatic rings. The molecule has 0 aliphatic carbocycles. The molecule has 0 saturated heterocycles. The predicted molar refractivity (Wildman–Crippen MR) is 81.8 cm³/mol. The standard InChI is InChI=1S/C14H10Br2F3NO/c15-10-6-9(7-11(16)12(10)20)13(21,14(17,18)19)8-4-2-1-3-5-8/h1-7,21H,20H2. The van der Waals surface area contributed by atoms with Gasteiger partial charge in [0.1, 0.15) is 0 Å². The average molecular weight is 425 g/mol. The van der Waals surface area contributed by atoms with Crippen LogP contribution in [0, 0.1) is 0 Å². The first-order chi connectivity index (χ1) is 9.68. The van der Waals surface area contributed by atoms with Crippen molar-refractivity contribution in [3.8, 4) is 0 Å². The van der Waals surface area contributed by atoms with Crippen molar-refractivity contribution >= 4 is 37.5 Å². The Labute approximate surface area is 136 Å². The lowest BCUT2D eigenvalue weighted by molar-refractivity contribution is -0.248. The largest absolute Gasteiger partial charge is 0.425 e. The van der Waals surface area contributed by atoms with Crippen LogP contribution in [0.25, 0.3) is 0 Å². The molecule has 0 aliphatic rings. The fourth-order valence-electron chi connectivity index (χ4n) is 1.97. The third kappa shape index (κ3) is 2.82. The van der Waals surface area contributed by atoms with Gasteiger partial charge in [-0.1, -0.05) is 30.3 Å². The van der Waals surface area contributed by atoms with Crippen molar-refractivity contribution in [1.29, 1.82) is 0 Å². The number of rotatable bonds is 2. The molecule has 0 amide bonds. The van der Waals surface area contributed by atoms with E-state index < -0.39 is 11.8 Å². The lowest BCUT2D eigenvalue weighted by Crippen LogP contribution is -2.43. The molecule has 2 aromatic carbocycles. The van der Waals surface area contributed by atoms with E-state index in [1.54, 1.807) is 6.07 Å². The Morgan fingerprint density at radius 1 is 0.905 bits per heavy atom. The lowest BCUT2D eigenvalue weighted by Gasteiger charge is -2.32. The average Bonchev–Trinajstić information content (AvgIpc) is 2.43. The van der Waals surface area contributed by atoms with Crippen LogP contribution in [0.1, 0.15) is 11.1 Å². The number of nitrogens with two attached hydrogens (primary N) is 1. The zero-order valence-corrected chi connectivity index (χ0v) is 13.6. The number of halogens is 5. The van der Waals surface area contributed by atoms with Crippen LogP contribution < -0.4 is 5.73 Å². The summed E-state index contributed by atoms with van der Waals surface area (Å²) in [6.45, 7) is 0. The number of alkyl halides is 3. The molecule has 0 fully saturated rings. The minimum absolute atomic E-state index is 0.260. The van der Waals surface area contributed by atoms with Gasteiger partial charge in [-0.2, -0.15) is 13.2 Å². The van der Waals surface area contributed by atoms with Gasteiger partial charge in [0.05, 0.1) is 5.69 Å². The third-order valence-corrected chi connectivity index (χ3v) is 4.41. The molecule has 1 unspecified atom stereocenters. The molecule has 0 saturated carbocycles. The van der Waals surface area contributed by atoms with Crippen LogP contribution in [0.2, 0.25) is 0 Å². The summed E-state index contributed by atoms with van der Waals surface area (Å²) < 4.78 is 41.1. The quantitative estimate of drug-likeness (QED) is 0.692. The monoisotopic (exact) mass is 423 g/mol. The summed E-state index contributed by atoms with van der Waals surface area (Å²) in [6.07, 6.45) is -4.89. The molecule has 0 radical (unpaired) electrons. The summed E-state index contributed by atoms with van der Waals surface area (Å²) in [5, 5.41) is 10.4. The highest BCUT2D eigenvalue weighted by molar-refractivity contribution is 9.11. The van der Waals surface area contributed by atoms with Crippen molar-refractivity contribution in [2.75, 3.05) is 5.73 Å². The van der Waals surface area contributed by atoms with Gasteiger partial charge in [0.2, 0.25) is 5.60 Å². The fourth-order valence-corrected chi connectivity index (χ4v) is 3.15.